The molecule has 1 amide bonds. The highest BCUT2D eigenvalue weighted by Gasteiger charge is 2.17. The number of rotatable bonds is 6. The van der Waals surface area contributed by atoms with Gasteiger partial charge in [-0.2, -0.15) is 0 Å². The zero-order chi connectivity index (χ0) is 15.3. The maximum Gasteiger partial charge on any atom is 0.253 e. The van der Waals surface area contributed by atoms with E-state index in [1.165, 1.54) is 6.07 Å². The highest BCUT2D eigenvalue weighted by molar-refractivity contribution is 6.00. The second-order valence-corrected chi connectivity index (χ2v) is 5.23. The first kappa shape index (κ1) is 16.4. The van der Waals surface area contributed by atoms with E-state index in [9.17, 15) is 15.2 Å². The van der Waals surface area contributed by atoms with Crippen molar-refractivity contribution < 1.29 is 10.0 Å². The molecule has 6 heteroatoms. The van der Waals surface area contributed by atoms with E-state index in [1.807, 2.05) is 32.8 Å². The van der Waals surface area contributed by atoms with E-state index in [0.29, 0.717) is 18.7 Å². The molecule has 0 aliphatic carbocycles. The number of benzene rings is 1. The minimum absolute atomic E-state index is 0.0184. The molecule has 0 saturated heterocycles. The third kappa shape index (κ3) is 4.19. The van der Waals surface area contributed by atoms with E-state index in [-0.39, 0.29) is 28.3 Å². The maximum atomic E-state index is 12.1. The average Bonchev–Trinajstić information content (AvgIpc) is 2.36. The summed E-state index contributed by atoms with van der Waals surface area (Å²) in [5.41, 5.74) is 0.847. The van der Waals surface area contributed by atoms with Crippen LogP contribution in [0.5, 0.6) is 0 Å². The van der Waals surface area contributed by atoms with Crippen LogP contribution in [0.1, 0.15) is 35.7 Å². The van der Waals surface area contributed by atoms with Gasteiger partial charge in [0.2, 0.25) is 0 Å². The highest BCUT2D eigenvalue weighted by atomic mass is 16.8. The fourth-order valence-corrected chi connectivity index (χ4v) is 1.91. The van der Waals surface area contributed by atoms with Gasteiger partial charge in [0.1, 0.15) is 0 Å². The van der Waals surface area contributed by atoms with Gasteiger partial charge in [-0.25, -0.2) is 0 Å². The number of anilines is 1. The number of carbonyl (C=O) groups excluding carboxylic acids is 1. The molecule has 6 nitrogen and oxygen atoms in total. The van der Waals surface area contributed by atoms with Crippen LogP contribution in [0, 0.1) is 5.21 Å². The van der Waals surface area contributed by atoms with Crippen molar-refractivity contribution in [1.29, 1.82) is 0 Å². The summed E-state index contributed by atoms with van der Waals surface area (Å²) in [5, 5.41) is 23.2. The number of nitrogens with zero attached hydrogens (tertiary/aromatic N) is 2. The number of nitrogens with one attached hydrogen (secondary N) is 1. The van der Waals surface area contributed by atoms with Crippen LogP contribution in [-0.4, -0.2) is 43.2 Å². The lowest BCUT2D eigenvalue weighted by Gasteiger charge is -2.28. The van der Waals surface area contributed by atoms with Gasteiger partial charge in [0, 0.05) is 13.1 Å². The van der Waals surface area contributed by atoms with E-state index in [0.717, 1.165) is 0 Å². The molecule has 0 atom stereocenters. The van der Waals surface area contributed by atoms with Gasteiger partial charge < -0.3 is 20.7 Å². The molecule has 1 aromatic carbocycles. The van der Waals surface area contributed by atoms with Gasteiger partial charge in [0.15, 0.2) is 0 Å². The van der Waals surface area contributed by atoms with Gasteiger partial charge in [-0.15, -0.1) is 0 Å². The van der Waals surface area contributed by atoms with E-state index in [1.54, 1.807) is 12.1 Å². The zero-order valence-corrected chi connectivity index (χ0v) is 12.4. The Hall–Kier alpha value is -1.63. The Balaban J connectivity index is 2.99. The van der Waals surface area contributed by atoms with Gasteiger partial charge in [0.25, 0.3) is 5.91 Å². The van der Waals surface area contributed by atoms with Gasteiger partial charge in [-0.05, 0) is 31.6 Å². The molecule has 0 aliphatic heterocycles. The Labute approximate surface area is 119 Å². The molecule has 20 heavy (non-hydrogen) atoms. The maximum absolute atomic E-state index is 12.1. The third-order valence-electron chi connectivity index (χ3n) is 2.97. The van der Waals surface area contributed by atoms with Crippen molar-refractivity contribution in [2.75, 3.05) is 32.4 Å². The van der Waals surface area contributed by atoms with Crippen LogP contribution < -0.4 is 10.5 Å². The first-order valence-corrected chi connectivity index (χ1v) is 6.56. The van der Waals surface area contributed by atoms with Crippen LogP contribution >= 0.6 is 0 Å². The molecule has 0 radical (unpaired) electrons. The number of amides is 1. The molecular weight excluding hydrogens is 258 g/mol. The molecule has 0 aliphatic rings. The minimum Gasteiger partial charge on any atom is -0.733 e. The standard InChI is InChI=1S/C14H22N3O3/c1-10(2)11-6-5-7-12(13(11)17(19)20)14(18)15-8-9-16(3)4/h5-7,10,19H,8-9H2,1-4H3,(H,15,18)/q-1. The van der Waals surface area contributed by atoms with Crippen LogP contribution in [0.25, 0.3) is 0 Å². The van der Waals surface area contributed by atoms with Crippen LogP contribution in [0.3, 0.4) is 0 Å². The summed E-state index contributed by atoms with van der Waals surface area (Å²) >= 11 is 0. The van der Waals surface area contributed by atoms with Gasteiger partial charge in [-0.1, -0.05) is 26.0 Å². The van der Waals surface area contributed by atoms with E-state index >= 15 is 0 Å². The van der Waals surface area contributed by atoms with E-state index in [2.05, 4.69) is 5.32 Å². The summed E-state index contributed by atoms with van der Waals surface area (Å²) in [6, 6.07) is 4.98. The molecule has 0 aromatic heterocycles. The normalized spacial score (nSPS) is 11.0. The molecule has 2 N–H and O–H groups in total. The van der Waals surface area contributed by atoms with Crippen molar-refractivity contribution in [3.8, 4) is 0 Å². The molecule has 1 rings (SSSR count). The van der Waals surface area contributed by atoms with Crippen LogP contribution in [-0.2, 0) is 0 Å². The van der Waals surface area contributed by atoms with E-state index < -0.39 is 0 Å². The van der Waals surface area contributed by atoms with Crippen LogP contribution in [0.2, 0.25) is 0 Å². The van der Waals surface area contributed by atoms with Crippen molar-refractivity contribution in [1.82, 2.24) is 10.2 Å². The molecule has 0 saturated carbocycles. The fraction of sp³-hybridized carbons (Fsp3) is 0.500. The molecular formula is C14H22N3O3-. The number of hydrogen-bond donors (Lipinski definition) is 2. The number of hydrogen-bond acceptors (Lipinski definition) is 5. The third-order valence-corrected chi connectivity index (χ3v) is 2.97. The molecule has 0 heterocycles. The molecule has 0 fully saturated rings. The average molecular weight is 280 g/mol. The van der Waals surface area contributed by atoms with Crippen LogP contribution in [0.15, 0.2) is 18.2 Å². The lowest BCUT2D eigenvalue weighted by Crippen LogP contribution is -2.32. The smallest absolute Gasteiger partial charge is 0.253 e. The topological polar surface area (TPSA) is 78.9 Å². The highest BCUT2D eigenvalue weighted by Crippen LogP contribution is 2.30. The van der Waals surface area contributed by atoms with E-state index in [4.69, 9.17) is 0 Å². The molecule has 0 bridgehead atoms. The SMILES string of the molecule is CC(C)c1cccc(C(=O)NCCN(C)C)c1N([O-])O. The van der Waals surface area contributed by atoms with Crippen molar-refractivity contribution in [2.24, 2.45) is 0 Å². The zero-order valence-electron chi connectivity index (χ0n) is 12.4. The van der Waals surface area contributed by atoms with Crippen molar-refractivity contribution in [3.63, 3.8) is 0 Å². The Morgan fingerprint density at radius 1 is 1.40 bits per heavy atom. The first-order valence-electron chi connectivity index (χ1n) is 6.56. The fourth-order valence-electron chi connectivity index (χ4n) is 1.91. The van der Waals surface area contributed by atoms with Crippen LogP contribution in [0.4, 0.5) is 5.69 Å². The van der Waals surface area contributed by atoms with Crippen molar-refractivity contribution in [2.45, 2.75) is 19.8 Å². The second kappa shape index (κ2) is 7.23. The molecule has 0 spiro atoms. The Morgan fingerprint density at radius 3 is 2.55 bits per heavy atom. The molecule has 1 aromatic rings. The summed E-state index contributed by atoms with van der Waals surface area (Å²) in [7, 11) is 3.81. The summed E-state index contributed by atoms with van der Waals surface area (Å²) in [6.07, 6.45) is 0. The largest absolute Gasteiger partial charge is 0.733 e. The monoisotopic (exact) mass is 280 g/mol. The predicted octanol–water partition coefficient (Wildman–Crippen LogP) is 1.79. The number of carbonyl (C=O) groups is 1. The Bertz CT molecular complexity index is 459. The minimum atomic E-state index is -0.362. The quantitative estimate of drug-likeness (QED) is 0.777. The van der Waals surface area contributed by atoms with Gasteiger partial charge in [0.05, 0.1) is 11.3 Å². The van der Waals surface area contributed by atoms with Gasteiger partial charge in [-0.3, -0.25) is 10.0 Å². The second-order valence-electron chi connectivity index (χ2n) is 5.23. The van der Waals surface area contributed by atoms with Crippen molar-refractivity contribution >= 4 is 11.6 Å². The Morgan fingerprint density at radius 2 is 2.05 bits per heavy atom. The summed E-state index contributed by atoms with van der Waals surface area (Å²) in [5.74, 6) is -0.331. The Kier molecular flexibility index (Phi) is 5.94. The summed E-state index contributed by atoms with van der Waals surface area (Å²) < 4.78 is 0. The lowest BCUT2D eigenvalue weighted by atomic mass is 9.97. The number of para-hydroxylation sites is 1. The lowest BCUT2D eigenvalue weighted by molar-refractivity contribution is 0.0950. The predicted molar refractivity (Wildman–Crippen MR) is 79.1 cm³/mol. The molecule has 0 unspecified atom stereocenters. The summed E-state index contributed by atoms with van der Waals surface area (Å²) in [4.78, 5) is 14.1. The molecule has 112 valence electrons. The van der Waals surface area contributed by atoms with Gasteiger partial charge >= 0.3 is 0 Å². The first-order chi connectivity index (χ1) is 9.34. The number of likely N-dealkylation sites (N-methyl/N-ethyl adjacent to an activating group) is 1. The summed E-state index contributed by atoms with van der Waals surface area (Å²) in [6.45, 7) is 4.97. The van der Waals surface area contributed by atoms with Crippen molar-refractivity contribution in [3.05, 3.63) is 34.5 Å².